The summed E-state index contributed by atoms with van der Waals surface area (Å²) in [7, 11) is 0. The number of aryl methyl sites for hydroxylation is 2. The molecule has 0 spiro atoms. The summed E-state index contributed by atoms with van der Waals surface area (Å²) in [6.07, 6.45) is 0. The minimum absolute atomic E-state index is 0.196. The second kappa shape index (κ2) is 8.53. The van der Waals surface area contributed by atoms with E-state index in [0.717, 1.165) is 23.3 Å². The van der Waals surface area contributed by atoms with Crippen LogP contribution in [-0.2, 0) is 4.79 Å². The van der Waals surface area contributed by atoms with Crippen molar-refractivity contribution < 1.29 is 18.4 Å². The Morgan fingerprint density at radius 3 is 2.46 bits per heavy atom. The van der Waals surface area contributed by atoms with Crippen molar-refractivity contribution >= 4 is 17.6 Å². The lowest BCUT2D eigenvalue weighted by molar-refractivity contribution is -0.119. The highest BCUT2D eigenvalue weighted by Gasteiger charge is 2.14. The van der Waals surface area contributed by atoms with Gasteiger partial charge in [-0.05, 0) is 38.5 Å². The molecule has 0 saturated heterocycles. The van der Waals surface area contributed by atoms with Crippen molar-refractivity contribution in [2.75, 3.05) is 11.9 Å². The Morgan fingerprint density at radius 1 is 1.08 bits per heavy atom. The smallest absolute Gasteiger partial charge is 0.307 e. The second-order valence-corrected chi connectivity index (χ2v) is 6.09. The average molecular weight is 361 g/mol. The van der Waals surface area contributed by atoms with Crippen molar-refractivity contribution in [1.82, 2.24) is 10.6 Å². The lowest BCUT2D eigenvalue weighted by Gasteiger charge is -2.15. The van der Waals surface area contributed by atoms with E-state index in [0.29, 0.717) is 5.69 Å². The van der Waals surface area contributed by atoms with E-state index in [1.807, 2.05) is 26.0 Å². The SMILES string of the molecule is Cc1ccc(NC(=O)NC(=O)CN[C@@H](C)c2ccc(F)cc2F)c(C)c1. The van der Waals surface area contributed by atoms with Crippen molar-refractivity contribution in [3.63, 3.8) is 0 Å². The number of hydrogen-bond acceptors (Lipinski definition) is 3. The average Bonchev–Trinajstić information content (AvgIpc) is 2.55. The van der Waals surface area contributed by atoms with Gasteiger partial charge in [0.25, 0.3) is 0 Å². The van der Waals surface area contributed by atoms with Crippen LogP contribution in [0.4, 0.5) is 19.3 Å². The molecule has 2 rings (SSSR count). The number of carbonyl (C=O) groups excluding carboxylic acids is 2. The van der Waals surface area contributed by atoms with E-state index in [1.54, 1.807) is 13.0 Å². The van der Waals surface area contributed by atoms with Crippen LogP contribution in [0.5, 0.6) is 0 Å². The summed E-state index contributed by atoms with van der Waals surface area (Å²) in [6, 6.07) is 7.59. The van der Waals surface area contributed by atoms with E-state index >= 15 is 0 Å². The molecule has 0 saturated carbocycles. The summed E-state index contributed by atoms with van der Waals surface area (Å²) >= 11 is 0. The van der Waals surface area contributed by atoms with Crippen molar-refractivity contribution in [3.8, 4) is 0 Å². The maximum Gasteiger partial charge on any atom is 0.325 e. The fourth-order valence-electron chi connectivity index (χ4n) is 2.49. The van der Waals surface area contributed by atoms with Crippen LogP contribution in [0.1, 0.15) is 29.7 Å². The zero-order valence-electron chi connectivity index (χ0n) is 14.8. The number of hydrogen-bond donors (Lipinski definition) is 3. The fraction of sp³-hybridized carbons (Fsp3) is 0.263. The molecule has 0 aliphatic carbocycles. The van der Waals surface area contributed by atoms with E-state index in [-0.39, 0.29) is 12.1 Å². The Kier molecular flexibility index (Phi) is 6.41. The minimum Gasteiger partial charge on any atom is -0.307 e. The zero-order chi connectivity index (χ0) is 19.3. The largest absolute Gasteiger partial charge is 0.325 e. The summed E-state index contributed by atoms with van der Waals surface area (Å²) in [4.78, 5) is 23.8. The molecule has 1 atom stereocenters. The number of amides is 3. The summed E-state index contributed by atoms with van der Waals surface area (Å²) < 4.78 is 26.6. The first kappa shape index (κ1) is 19.5. The van der Waals surface area contributed by atoms with Crippen LogP contribution in [0.3, 0.4) is 0 Å². The normalized spacial score (nSPS) is 11.7. The Labute approximate surface area is 150 Å². The Hall–Kier alpha value is -2.80. The van der Waals surface area contributed by atoms with Gasteiger partial charge in [-0.15, -0.1) is 0 Å². The molecule has 0 heterocycles. The minimum atomic E-state index is -0.696. The highest BCUT2D eigenvalue weighted by atomic mass is 19.1. The molecule has 0 unspecified atom stereocenters. The number of anilines is 1. The molecule has 3 amide bonds. The van der Waals surface area contributed by atoms with Crippen LogP contribution in [0, 0.1) is 25.5 Å². The number of nitrogens with one attached hydrogen (secondary N) is 3. The molecular weight excluding hydrogens is 340 g/mol. The van der Waals surface area contributed by atoms with Gasteiger partial charge in [-0.3, -0.25) is 10.1 Å². The molecule has 0 bridgehead atoms. The number of urea groups is 1. The third-order valence-corrected chi connectivity index (χ3v) is 3.88. The van der Waals surface area contributed by atoms with E-state index in [1.165, 1.54) is 6.07 Å². The van der Waals surface area contributed by atoms with Gasteiger partial charge in [0.05, 0.1) is 6.54 Å². The van der Waals surface area contributed by atoms with Gasteiger partial charge >= 0.3 is 6.03 Å². The van der Waals surface area contributed by atoms with Gasteiger partial charge in [0.2, 0.25) is 5.91 Å². The number of imide groups is 1. The first-order valence-electron chi connectivity index (χ1n) is 8.12. The van der Waals surface area contributed by atoms with Crippen molar-refractivity contribution in [1.29, 1.82) is 0 Å². The molecule has 0 aliphatic rings. The number of halogens is 2. The third kappa shape index (κ3) is 5.35. The molecule has 0 aliphatic heterocycles. The lowest BCUT2D eigenvalue weighted by atomic mass is 10.1. The molecule has 0 aromatic heterocycles. The van der Waals surface area contributed by atoms with Crippen molar-refractivity contribution in [2.24, 2.45) is 0 Å². The van der Waals surface area contributed by atoms with Gasteiger partial charge in [-0.1, -0.05) is 23.8 Å². The van der Waals surface area contributed by atoms with E-state index < -0.39 is 29.6 Å². The van der Waals surface area contributed by atoms with Crippen LogP contribution in [-0.4, -0.2) is 18.5 Å². The van der Waals surface area contributed by atoms with Gasteiger partial charge in [-0.25, -0.2) is 13.6 Å². The van der Waals surface area contributed by atoms with Gasteiger partial charge in [0, 0.05) is 23.4 Å². The summed E-state index contributed by atoms with van der Waals surface area (Å²) in [5.41, 5.74) is 2.79. The van der Waals surface area contributed by atoms with Crippen LogP contribution >= 0.6 is 0 Å². The van der Waals surface area contributed by atoms with Crippen LogP contribution in [0.15, 0.2) is 36.4 Å². The molecule has 3 N–H and O–H groups in total. The van der Waals surface area contributed by atoms with E-state index in [4.69, 9.17) is 0 Å². The molecule has 7 heteroatoms. The first-order chi connectivity index (χ1) is 12.3. The van der Waals surface area contributed by atoms with Gasteiger partial charge < -0.3 is 10.6 Å². The number of rotatable bonds is 5. The molecule has 5 nitrogen and oxygen atoms in total. The molecule has 2 aromatic carbocycles. The lowest BCUT2D eigenvalue weighted by Crippen LogP contribution is -2.40. The van der Waals surface area contributed by atoms with Gasteiger partial charge in [0.15, 0.2) is 0 Å². The predicted molar refractivity (Wildman–Crippen MR) is 95.9 cm³/mol. The maximum absolute atomic E-state index is 13.7. The van der Waals surface area contributed by atoms with Crippen LogP contribution < -0.4 is 16.0 Å². The Morgan fingerprint density at radius 2 is 1.81 bits per heavy atom. The van der Waals surface area contributed by atoms with Crippen LogP contribution in [0.25, 0.3) is 0 Å². The summed E-state index contributed by atoms with van der Waals surface area (Å²) in [5, 5.41) is 7.59. The topological polar surface area (TPSA) is 70.2 Å². The Bertz CT molecular complexity index is 824. The highest BCUT2D eigenvalue weighted by molar-refractivity contribution is 6.02. The van der Waals surface area contributed by atoms with E-state index in [9.17, 15) is 18.4 Å². The van der Waals surface area contributed by atoms with E-state index in [2.05, 4.69) is 16.0 Å². The first-order valence-corrected chi connectivity index (χ1v) is 8.12. The molecule has 0 radical (unpaired) electrons. The highest BCUT2D eigenvalue weighted by Crippen LogP contribution is 2.17. The standard InChI is InChI=1S/C19H21F2N3O2/c1-11-4-7-17(12(2)8-11)23-19(26)24-18(25)10-22-13(3)15-6-5-14(20)9-16(15)21/h4-9,13,22H,10H2,1-3H3,(H2,23,24,25,26)/t13-/m0/s1. The van der Waals surface area contributed by atoms with Crippen LogP contribution in [0.2, 0.25) is 0 Å². The quantitative estimate of drug-likeness (QED) is 0.762. The van der Waals surface area contributed by atoms with Crippen molar-refractivity contribution in [3.05, 3.63) is 64.7 Å². The molecular formula is C19H21F2N3O2. The monoisotopic (exact) mass is 361 g/mol. The summed E-state index contributed by atoms with van der Waals surface area (Å²) in [6.45, 7) is 5.24. The van der Waals surface area contributed by atoms with Crippen molar-refractivity contribution in [2.45, 2.75) is 26.8 Å². The fourth-order valence-corrected chi connectivity index (χ4v) is 2.49. The maximum atomic E-state index is 13.7. The number of benzene rings is 2. The molecule has 26 heavy (non-hydrogen) atoms. The molecule has 0 fully saturated rings. The predicted octanol–water partition coefficient (Wildman–Crippen LogP) is 3.58. The third-order valence-electron chi connectivity index (χ3n) is 3.88. The Balaban J connectivity index is 1.85. The second-order valence-electron chi connectivity index (χ2n) is 6.09. The van der Waals surface area contributed by atoms with Gasteiger partial charge in [-0.2, -0.15) is 0 Å². The van der Waals surface area contributed by atoms with Gasteiger partial charge in [0.1, 0.15) is 11.6 Å². The molecule has 138 valence electrons. The number of carbonyl (C=O) groups is 2. The summed E-state index contributed by atoms with van der Waals surface area (Å²) in [5.74, 6) is -1.93. The zero-order valence-corrected chi connectivity index (χ0v) is 14.8. The molecule has 2 aromatic rings.